The summed E-state index contributed by atoms with van der Waals surface area (Å²) in [6.07, 6.45) is 8.35. The monoisotopic (exact) mass is 353 g/mol. The average molecular weight is 353 g/mol. The second kappa shape index (κ2) is 13.1. The van der Waals surface area contributed by atoms with Crippen LogP contribution < -0.4 is 4.74 Å². The molecule has 2 rings (SSSR count). The molecule has 1 fully saturated rings. The molecule has 6 nitrogen and oxygen atoms in total. The number of aliphatic hydroxyl groups excluding tert-OH is 1. The zero-order valence-electron chi connectivity index (χ0n) is 15.0. The van der Waals surface area contributed by atoms with Crippen LogP contribution >= 0.6 is 0 Å². The quantitative estimate of drug-likeness (QED) is 0.549. The SMILES string of the molecule is OCCCc1ccc(OCCOCCOCCC2CCCCO2)nc1. The van der Waals surface area contributed by atoms with Crippen LogP contribution in [0.1, 0.15) is 37.7 Å². The Morgan fingerprint density at radius 1 is 1.08 bits per heavy atom. The molecule has 1 aliphatic heterocycles. The van der Waals surface area contributed by atoms with Crippen LogP contribution in [0.15, 0.2) is 18.3 Å². The fraction of sp³-hybridized carbons (Fsp3) is 0.737. The maximum absolute atomic E-state index is 8.80. The van der Waals surface area contributed by atoms with Gasteiger partial charge in [0.1, 0.15) is 6.61 Å². The van der Waals surface area contributed by atoms with E-state index in [2.05, 4.69) is 4.98 Å². The van der Waals surface area contributed by atoms with Crippen molar-refractivity contribution in [1.82, 2.24) is 4.98 Å². The highest BCUT2D eigenvalue weighted by Crippen LogP contribution is 2.15. The van der Waals surface area contributed by atoms with Gasteiger partial charge in [-0.3, -0.25) is 0 Å². The lowest BCUT2D eigenvalue weighted by molar-refractivity contribution is -0.0167. The van der Waals surface area contributed by atoms with Gasteiger partial charge >= 0.3 is 0 Å². The van der Waals surface area contributed by atoms with Crippen molar-refractivity contribution in [3.05, 3.63) is 23.9 Å². The normalized spacial score (nSPS) is 17.6. The van der Waals surface area contributed by atoms with Crippen molar-refractivity contribution in [3.8, 4) is 5.88 Å². The Morgan fingerprint density at radius 2 is 1.92 bits per heavy atom. The van der Waals surface area contributed by atoms with E-state index in [-0.39, 0.29) is 6.61 Å². The highest BCUT2D eigenvalue weighted by molar-refractivity contribution is 5.17. The second-order valence-electron chi connectivity index (χ2n) is 6.18. The molecule has 1 saturated heterocycles. The van der Waals surface area contributed by atoms with Gasteiger partial charge in [-0.05, 0) is 44.1 Å². The van der Waals surface area contributed by atoms with E-state index in [4.69, 9.17) is 24.1 Å². The van der Waals surface area contributed by atoms with Gasteiger partial charge in [-0.25, -0.2) is 4.98 Å². The molecule has 1 unspecified atom stereocenters. The number of ether oxygens (including phenoxy) is 4. The number of aromatic nitrogens is 1. The van der Waals surface area contributed by atoms with Gasteiger partial charge in [-0.1, -0.05) is 6.07 Å². The summed E-state index contributed by atoms with van der Waals surface area (Å²) in [4.78, 5) is 4.24. The van der Waals surface area contributed by atoms with E-state index < -0.39 is 0 Å². The minimum Gasteiger partial charge on any atom is -0.475 e. The first-order chi connectivity index (χ1) is 12.4. The molecule has 0 amide bonds. The molecule has 2 heterocycles. The van der Waals surface area contributed by atoms with Crippen LogP contribution in [0.5, 0.6) is 5.88 Å². The van der Waals surface area contributed by atoms with Crippen LogP contribution in [0.2, 0.25) is 0 Å². The predicted molar refractivity (Wildman–Crippen MR) is 95.0 cm³/mol. The van der Waals surface area contributed by atoms with E-state index >= 15 is 0 Å². The molecule has 0 radical (unpaired) electrons. The minimum absolute atomic E-state index is 0.202. The van der Waals surface area contributed by atoms with E-state index in [1.54, 1.807) is 6.20 Å². The van der Waals surface area contributed by atoms with Crippen molar-refractivity contribution in [2.24, 2.45) is 0 Å². The summed E-state index contributed by atoms with van der Waals surface area (Å²) < 4.78 is 22.2. The Labute approximate surface area is 150 Å². The van der Waals surface area contributed by atoms with Gasteiger partial charge in [0.2, 0.25) is 5.88 Å². The molecular formula is C19H31NO5. The molecule has 142 valence electrons. The van der Waals surface area contributed by atoms with E-state index in [0.29, 0.717) is 38.4 Å². The van der Waals surface area contributed by atoms with Crippen LogP contribution in [0, 0.1) is 0 Å². The fourth-order valence-electron chi connectivity index (χ4n) is 2.70. The molecule has 1 aromatic rings. The molecular weight excluding hydrogens is 322 g/mol. The molecule has 1 aliphatic rings. The van der Waals surface area contributed by atoms with Crippen molar-refractivity contribution in [2.45, 2.75) is 44.6 Å². The summed E-state index contributed by atoms with van der Waals surface area (Å²) in [5, 5.41) is 8.80. The van der Waals surface area contributed by atoms with Gasteiger partial charge in [0.25, 0.3) is 0 Å². The van der Waals surface area contributed by atoms with Gasteiger partial charge in [0.05, 0.1) is 25.9 Å². The molecule has 25 heavy (non-hydrogen) atoms. The molecule has 1 N–H and O–H groups in total. The third-order valence-corrected chi connectivity index (χ3v) is 4.13. The topological polar surface area (TPSA) is 70.0 Å². The zero-order chi connectivity index (χ0) is 17.6. The summed E-state index contributed by atoms with van der Waals surface area (Å²) in [5.74, 6) is 0.597. The van der Waals surface area contributed by atoms with Crippen molar-refractivity contribution in [2.75, 3.05) is 46.2 Å². The Kier molecular flexibility index (Phi) is 10.5. The first-order valence-corrected chi connectivity index (χ1v) is 9.34. The molecule has 1 atom stereocenters. The summed E-state index contributed by atoms with van der Waals surface area (Å²) in [6, 6.07) is 3.83. The van der Waals surface area contributed by atoms with Crippen molar-refractivity contribution >= 4 is 0 Å². The maximum Gasteiger partial charge on any atom is 0.213 e. The fourth-order valence-corrected chi connectivity index (χ4v) is 2.70. The third kappa shape index (κ3) is 9.16. The lowest BCUT2D eigenvalue weighted by atomic mass is 10.1. The highest BCUT2D eigenvalue weighted by Gasteiger charge is 2.12. The minimum atomic E-state index is 0.202. The lowest BCUT2D eigenvalue weighted by Crippen LogP contribution is -2.21. The number of hydrogen-bond acceptors (Lipinski definition) is 6. The van der Waals surface area contributed by atoms with Crippen LogP contribution in [0.4, 0.5) is 0 Å². The first-order valence-electron chi connectivity index (χ1n) is 9.34. The molecule has 0 spiro atoms. The summed E-state index contributed by atoms with van der Waals surface area (Å²) in [5.41, 5.74) is 1.11. The van der Waals surface area contributed by atoms with E-state index in [9.17, 15) is 0 Å². The maximum atomic E-state index is 8.80. The molecule has 6 heteroatoms. The summed E-state index contributed by atoms with van der Waals surface area (Å²) in [6.45, 7) is 3.99. The van der Waals surface area contributed by atoms with E-state index in [1.165, 1.54) is 12.8 Å². The van der Waals surface area contributed by atoms with Crippen molar-refractivity contribution in [3.63, 3.8) is 0 Å². The average Bonchev–Trinajstić information content (AvgIpc) is 2.67. The third-order valence-electron chi connectivity index (χ3n) is 4.13. The van der Waals surface area contributed by atoms with Crippen LogP contribution in [-0.2, 0) is 20.6 Å². The number of rotatable bonds is 13. The number of aryl methyl sites for hydroxylation is 1. The Balaban J connectivity index is 1.40. The van der Waals surface area contributed by atoms with Crippen LogP contribution in [0.25, 0.3) is 0 Å². The summed E-state index contributed by atoms with van der Waals surface area (Å²) in [7, 11) is 0. The van der Waals surface area contributed by atoms with E-state index in [0.717, 1.165) is 44.5 Å². The predicted octanol–water partition coefficient (Wildman–Crippen LogP) is 2.38. The highest BCUT2D eigenvalue weighted by atomic mass is 16.5. The number of pyridine rings is 1. The largest absolute Gasteiger partial charge is 0.475 e. The van der Waals surface area contributed by atoms with Crippen molar-refractivity contribution < 1.29 is 24.1 Å². The lowest BCUT2D eigenvalue weighted by Gasteiger charge is -2.22. The zero-order valence-corrected chi connectivity index (χ0v) is 15.0. The number of hydrogen-bond donors (Lipinski definition) is 1. The molecule has 0 aromatic carbocycles. The Hall–Kier alpha value is -1.21. The Morgan fingerprint density at radius 3 is 2.64 bits per heavy atom. The van der Waals surface area contributed by atoms with Gasteiger partial charge in [-0.15, -0.1) is 0 Å². The standard InChI is InChI=1S/C19H31NO5/c21-9-3-4-17-6-7-19(20-16-17)25-15-14-23-13-12-22-11-8-18-5-1-2-10-24-18/h6-7,16,18,21H,1-5,8-15H2. The van der Waals surface area contributed by atoms with Crippen LogP contribution in [0.3, 0.4) is 0 Å². The molecule has 0 saturated carbocycles. The van der Waals surface area contributed by atoms with Gasteiger partial charge in [0.15, 0.2) is 0 Å². The van der Waals surface area contributed by atoms with Gasteiger partial charge in [-0.2, -0.15) is 0 Å². The van der Waals surface area contributed by atoms with Gasteiger partial charge < -0.3 is 24.1 Å². The first kappa shape index (κ1) is 20.1. The summed E-state index contributed by atoms with van der Waals surface area (Å²) >= 11 is 0. The van der Waals surface area contributed by atoms with Crippen molar-refractivity contribution in [1.29, 1.82) is 0 Å². The van der Waals surface area contributed by atoms with Crippen LogP contribution in [-0.4, -0.2) is 62.4 Å². The Bertz CT molecular complexity index is 434. The second-order valence-corrected chi connectivity index (χ2v) is 6.18. The smallest absolute Gasteiger partial charge is 0.213 e. The van der Waals surface area contributed by atoms with E-state index in [1.807, 2.05) is 12.1 Å². The van der Waals surface area contributed by atoms with Gasteiger partial charge in [0, 0.05) is 32.1 Å². The number of nitrogens with zero attached hydrogens (tertiary/aromatic N) is 1. The number of aliphatic hydroxyl groups is 1. The molecule has 0 bridgehead atoms. The molecule has 0 aliphatic carbocycles. The molecule has 1 aromatic heterocycles.